The summed E-state index contributed by atoms with van der Waals surface area (Å²) >= 11 is 12.4. The van der Waals surface area contributed by atoms with Crippen LogP contribution in [0.5, 0.6) is 5.75 Å². The Kier molecular flexibility index (Phi) is 6.99. The maximum atomic E-state index is 6.29. The second-order valence-corrected chi connectivity index (χ2v) is 4.92. The minimum Gasteiger partial charge on any atom is -0.489 e. The van der Waals surface area contributed by atoms with Crippen LogP contribution in [0.2, 0.25) is 10.0 Å². The van der Waals surface area contributed by atoms with Crippen molar-refractivity contribution in [3.8, 4) is 5.75 Å². The molecule has 1 aromatic carbocycles. The van der Waals surface area contributed by atoms with Crippen LogP contribution in [-0.4, -0.2) is 11.6 Å². The largest absolute Gasteiger partial charge is 0.489 e. The molecule has 1 aromatic heterocycles. The highest BCUT2D eigenvalue weighted by Gasteiger charge is 2.20. The number of ether oxygens (including phenoxy) is 1. The van der Waals surface area contributed by atoms with Crippen LogP contribution in [0, 0.1) is 0 Å². The molecule has 0 aliphatic carbocycles. The van der Waals surface area contributed by atoms with Crippen LogP contribution in [0.4, 0.5) is 0 Å². The zero-order valence-electron chi connectivity index (χ0n) is 11.1. The number of aromatic nitrogens is 1. The highest BCUT2D eigenvalue weighted by atomic mass is 35.5. The fraction of sp³-hybridized carbons (Fsp3) is 0.133. The Morgan fingerprint density at radius 3 is 2.52 bits per heavy atom. The van der Waals surface area contributed by atoms with E-state index in [0.29, 0.717) is 28.0 Å². The van der Waals surface area contributed by atoms with Crippen LogP contribution in [0.15, 0.2) is 49.3 Å². The number of nitrogens with two attached hydrogens (primary N) is 1. The van der Waals surface area contributed by atoms with Gasteiger partial charge in [-0.15, -0.1) is 12.4 Å². The first-order chi connectivity index (χ1) is 9.65. The summed E-state index contributed by atoms with van der Waals surface area (Å²) in [6.07, 6.45) is 5.01. The van der Waals surface area contributed by atoms with Crippen molar-refractivity contribution in [1.29, 1.82) is 0 Å². The van der Waals surface area contributed by atoms with Crippen molar-refractivity contribution in [1.82, 2.24) is 4.98 Å². The number of pyridine rings is 1. The SMILES string of the molecule is C=CCOc1ccc(Cl)c(Cl)c1C(N)c1ccncc1.Cl. The third-order valence-corrected chi connectivity index (χ3v) is 3.64. The molecule has 2 aromatic rings. The van der Waals surface area contributed by atoms with Crippen molar-refractivity contribution >= 4 is 35.6 Å². The number of halogens is 3. The molecule has 21 heavy (non-hydrogen) atoms. The zero-order chi connectivity index (χ0) is 14.5. The molecule has 0 amide bonds. The smallest absolute Gasteiger partial charge is 0.126 e. The highest BCUT2D eigenvalue weighted by molar-refractivity contribution is 6.42. The third-order valence-electron chi connectivity index (χ3n) is 2.83. The van der Waals surface area contributed by atoms with Crippen LogP contribution < -0.4 is 10.5 Å². The lowest BCUT2D eigenvalue weighted by Crippen LogP contribution is -2.14. The number of benzene rings is 1. The van der Waals surface area contributed by atoms with Gasteiger partial charge in [-0.2, -0.15) is 0 Å². The van der Waals surface area contributed by atoms with E-state index in [1.54, 1.807) is 30.6 Å². The molecule has 1 unspecified atom stereocenters. The highest BCUT2D eigenvalue weighted by Crippen LogP contribution is 2.38. The summed E-state index contributed by atoms with van der Waals surface area (Å²) in [6.45, 7) is 3.99. The van der Waals surface area contributed by atoms with Gasteiger partial charge in [0.2, 0.25) is 0 Å². The average Bonchev–Trinajstić information content (AvgIpc) is 2.48. The summed E-state index contributed by atoms with van der Waals surface area (Å²) in [4.78, 5) is 3.97. The lowest BCUT2D eigenvalue weighted by molar-refractivity contribution is 0.358. The van der Waals surface area contributed by atoms with E-state index >= 15 is 0 Å². The molecular formula is C15H15Cl3N2O. The quantitative estimate of drug-likeness (QED) is 0.816. The van der Waals surface area contributed by atoms with E-state index in [2.05, 4.69) is 11.6 Å². The van der Waals surface area contributed by atoms with E-state index in [0.717, 1.165) is 5.56 Å². The molecule has 0 spiro atoms. The Labute approximate surface area is 140 Å². The number of hydrogen-bond donors (Lipinski definition) is 1. The van der Waals surface area contributed by atoms with Crippen molar-refractivity contribution in [3.63, 3.8) is 0 Å². The van der Waals surface area contributed by atoms with Gasteiger partial charge in [0.25, 0.3) is 0 Å². The fourth-order valence-corrected chi connectivity index (χ4v) is 2.29. The normalized spacial score (nSPS) is 11.4. The predicted octanol–water partition coefficient (Wildman–Crippen LogP) is 4.42. The molecule has 0 saturated heterocycles. The fourth-order valence-electron chi connectivity index (χ4n) is 1.85. The molecule has 2 rings (SSSR count). The predicted molar refractivity (Wildman–Crippen MR) is 89.7 cm³/mol. The van der Waals surface area contributed by atoms with Crippen molar-refractivity contribution in [2.75, 3.05) is 6.61 Å². The summed E-state index contributed by atoms with van der Waals surface area (Å²) in [7, 11) is 0. The van der Waals surface area contributed by atoms with Gasteiger partial charge in [0.1, 0.15) is 12.4 Å². The maximum Gasteiger partial charge on any atom is 0.126 e. The Bertz CT molecular complexity index is 605. The van der Waals surface area contributed by atoms with E-state index in [1.807, 2.05) is 12.1 Å². The summed E-state index contributed by atoms with van der Waals surface area (Å²) in [6, 6.07) is 6.67. The molecule has 6 heteroatoms. The van der Waals surface area contributed by atoms with Crippen LogP contribution in [-0.2, 0) is 0 Å². The maximum absolute atomic E-state index is 6.29. The van der Waals surface area contributed by atoms with Crippen LogP contribution in [0.25, 0.3) is 0 Å². The van der Waals surface area contributed by atoms with Crippen LogP contribution in [0.3, 0.4) is 0 Å². The van der Waals surface area contributed by atoms with Crippen molar-refractivity contribution in [3.05, 3.63) is 70.5 Å². The molecule has 0 aliphatic heterocycles. The molecule has 3 nitrogen and oxygen atoms in total. The van der Waals surface area contributed by atoms with E-state index in [-0.39, 0.29) is 12.4 Å². The van der Waals surface area contributed by atoms with Crippen LogP contribution in [0.1, 0.15) is 17.2 Å². The molecule has 112 valence electrons. The minimum atomic E-state index is -0.441. The van der Waals surface area contributed by atoms with Gasteiger partial charge < -0.3 is 10.5 Å². The van der Waals surface area contributed by atoms with Gasteiger partial charge in [0.15, 0.2) is 0 Å². The van der Waals surface area contributed by atoms with Crippen molar-refractivity contribution in [2.45, 2.75) is 6.04 Å². The van der Waals surface area contributed by atoms with Gasteiger partial charge in [-0.25, -0.2) is 0 Å². The third kappa shape index (κ3) is 4.11. The Balaban J connectivity index is 0.00000220. The summed E-state index contributed by atoms with van der Waals surface area (Å²) in [5, 5.41) is 0.842. The molecule has 1 heterocycles. The Morgan fingerprint density at radius 1 is 1.24 bits per heavy atom. The summed E-state index contributed by atoms with van der Waals surface area (Å²) in [5.41, 5.74) is 7.82. The molecular weight excluding hydrogens is 331 g/mol. The molecule has 0 radical (unpaired) electrons. The first-order valence-electron chi connectivity index (χ1n) is 6.02. The number of rotatable bonds is 5. The van der Waals surface area contributed by atoms with E-state index < -0.39 is 6.04 Å². The molecule has 0 fully saturated rings. The molecule has 0 bridgehead atoms. The zero-order valence-corrected chi connectivity index (χ0v) is 13.5. The molecule has 0 saturated carbocycles. The first-order valence-corrected chi connectivity index (χ1v) is 6.77. The average molecular weight is 346 g/mol. The van der Waals surface area contributed by atoms with Gasteiger partial charge in [0, 0.05) is 18.0 Å². The number of hydrogen-bond acceptors (Lipinski definition) is 3. The standard InChI is InChI=1S/C15H14Cl2N2O.ClH/c1-2-9-20-12-4-3-11(16)14(17)13(12)15(18)10-5-7-19-8-6-10;/h2-8,15H,1,9,18H2;1H. The van der Waals surface area contributed by atoms with Crippen molar-refractivity contribution in [2.24, 2.45) is 5.73 Å². The second kappa shape index (κ2) is 8.25. The summed E-state index contributed by atoms with van der Waals surface area (Å²) in [5.74, 6) is 0.601. The first kappa shape index (κ1) is 17.8. The van der Waals surface area contributed by atoms with E-state index in [4.69, 9.17) is 33.7 Å². The van der Waals surface area contributed by atoms with E-state index in [1.165, 1.54) is 0 Å². The topological polar surface area (TPSA) is 48.1 Å². The monoisotopic (exact) mass is 344 g/mol. The Hall–Kier alpha value is -1.26. The van der Waals surface area contributed by atoms with Crippen LogP contribution >= 0.6 is 35.6 Å². The van der Waals surface area contributed by atoms with E-state index in [9.17, 15) is 0 Å². The van der Waals surface area contributed by atoms with Gasteiger partial charge in [-0.3, -0.25) is 4.98 Å². The molecule has 1 atom stereocenters. The summed E-state index contributed by atoms with van der Waals surface area (Å²) < 4.78 is 5.61. The molecule has 0 aliphatic rings. The second-order valence-electron chi connectivity index (χ2n) is 4.13. The van der Waals surface area contributed by atoms with Crippen molar-refractivity contribution < 1.29 is 4.74 Å². The lowest BCUT2D eigenvalue weighted by atomic mass is 9.99. The Morgan fingerprint density at radius 2 is 1.90 bits per heavy atom. The lowest BCUT2D eigenvalue weighted by Gasteiger charge is -2.19. The minimum absolute atomic E-state index is 0. The number of nitrogens with zero attached hydrogens (tertiary/aromatic N) is 1. The van der Waals surface area contributed by atoms with Gasteiger partial charge in [-0.05, 0) is 29.8 Å². The van der Waals surface area contributed by atoms with Gasteiger partial charge >= 0.3 is 0 Å². The van der Waals surface area contributed by atoms with Gasteiger partial charge in [-0.1, -0.05) is 35.9 Å². The van der Waals surface area contributed by atoms with Gasteiger partial charge in [0.05, 0.1) is 16.1 Å². The molecule has 2 N–H and O–H groups in total.